The van der Waals surface area contributed by atoms with Crippen LogP contribution in [0, 0.1) is 12.8 Å². The van der Waals surface area contributed by atoms with Gasteiger partial charge in [0.2, 0.25) is 15.9 Å². The van der Waals surface area contributed by atoms with Crippen molar-refractivity contribution in [2.45, 2.75) is 19.8 Å². The van der Waals surface area contributed by atoms with Crippen LogP contribution in [0.5, 0.6) is 0 Å². The van der Waals surface area contributed by atoms with Crippen LogP contribution in [0.4, 0.5) is 0 Å². The molecular weight excluding hydrogens is 270 g/mol. The monoisotopic (exact) mass is 289 g/mol. The molecule has 108 valence electrons. The second-order valence-electron chi connectivity index (χ2n) is 4.72. The number of aromatic nitrogens is 2. The summed E-state index contributed by atoms with van der Waals surface area (Å²) in [5.74, 6) is 1.10. The Morgan fingerprint density at radius 1 is 1.47 bits per heavy atom. The molecule has 1 saturated heterocycles. The second kappa shape index (κ2) is 5.56. The molecule has 0 saturated carbocycles. The van der Waals surface area contributed by atoms with Crippen LogP contribution in [0.1, 0.15) is 24.6 Å². The Morgan fingerprint density at radius 2 is 2.21 bits per heavy atom. The van der Waals surface area contributed by atoms with Gasteiger partial charge in [-0.1, -0.05) is 5.16 Å². The van der Waals surface area contributed by atoms with E-state index in [0.717, 1.165) is 0 Å². The summed E-state index contributed by atoms with van der Waals surface area (Å²) in [6.07, 6.45) is 0. The lowest BCUT2D eigenvalue weighted by Gasteiger charge is -2.14. The molecule has 7 nitrogen and oxygen atoms in total. The predicted molar refractivity (Wildman–Crippen MR) is 68.2 cm³/mol. The molecule has 0 bridgehead atoms. The average Bonchev–Trinajstić information content (AvgIpc) is 2.96. The first-order valence-electron chi connectivity index (χ1n) is 6.25. The molecule has 19 heavy (non-hydrogen) atoms. The number of methoxy groups -OCH3 is 1. The minimum Gasteiger partial charge on any atom is -0.384 e. The van der Waals surface area contributed by atoms with E-state index < -0.39 is 10.0 Å². The Morgan fingerprint density at radius 3 is 2.74 bits per heavy atom. The van der Waals surface area contributed by atoms with Crippen molar-refractivity contribution in [2.75, 3.05) is 32.6 Å². The van der Waals surface area contributed by atoms with Crippen molar-refractivity contribution in [1.29, 1.82) is 0 Å². The van der Waals surface area contributed by atoms with Crippen LogP contribution in [-0.4, -0.2) is 55.4 Å². The Hall–Kier alpha value is -0.990. The maximum absolute atomic E-state index is 12.0. The Kier molecular flexibility index (Phi) is 4.22. The number of aryl methyl sites for hydroxylation is 1. The number of sulfonamides is 1. The molecule has 1 aliphatic rings. The van der Waals surface area contributed by atoms with Crippen LogP contribution in [0.25, 0.3) is 0 Å². The van der Waals surface area contributed by atoms with Crippen LogP contribution < -0.4 is 0 Å². The van der Waals surface area contributed by atoms with Crippen molar-refractivity contribution in [3.63, 3.8) is 0 Å². The first kappa shape index (κ1) is 14.4. The SMILES string of the molecule is CCS(=O)(=O)N1C[C@@H](COC)[C@H](c2nc(C)no2)C1. The maximum atomic E-state index is 12.0. The van der Waals surface area contributed by atoms with Crippen LogP contribution in [-0.2, 0) is 14.8 Å². The summed E-state index contributed by atoms with van der Waals surface area (Å²) < 4.78 is 35.7. The summed E-state index contributed by atoms with van der Waals surface area (Å²) in [5, 5.41) is 3.77. The highest BCUT2D eigenvalue weighted by Crippen LogP contribution is 2.33. The molecule has 0 unspecified atom stereocenters. The molecule has 0 aliphatic carbocycles. The molecule has 2 rings (SSSR count). The largest absolute Gasteiger partial charge is 0.384 e. The fourth-order valence-electron chi connectivity index (χ4n) is 2.37. The van der Waals surface area contributed by atoms with E-state index in [9.17, 15) is 8.42 Å². The third-order valence-electron chi connectivity index (χ3n) is 3.41. The smallest absolute Gasteiger partial charge is 0.231 e. The van der Waals surface area contributed by atoms with Gasteiger partial charge in [-0.05, 0) is 13.8 Å². The molecule has 8 heteroatoms. The second-order valence-corrected chi connectivity index (χ2v) is 6.98. The van der Waals surface area contributed by atoms with Gasteiger partial charge in [0.1, 0.15) is 0 Å². The molecule has 0 amide bonds. The zero-order chi connectivity index (χ0) is 14.0. The van der Waals surface area contributed by atoms with Gasteiger partial charge in [0, 0.05) is 26.1 Å². The van der Waals surface area contributed by atoms with Gasteiger partial charge < -0.3 is 9.26 Å². The van der Waals surface area contributed by atoms with Crippen molar-refractivity contribution in [3.05, 3.63) is 11.7 Å². The molecule has 0 aromatic carbocycles. The molecule has 2 atom stereocenters. The van der Waals surface area contributed by atoms with Crippen LogP contribution in [0.2, 0.25) is 0 Å². The summed E-state index contributed by atoms with van der Waals surface area (Å²) in [6.45, 7) is 4.68. The summed E-state index contributed by atoms with van der Waals surface area (Å²) in [5.41, 5.74) is 0. The molecule has 0 spiro atoms. The number of ether oxygens (including phenoxy) is 1. The number of rotatable bonds is 5. The van der Waals surface area contributed by atoms with E-state index in [-0.39, 0.29) is 17.6 Å². The minimum atomic E-state index is -3.20. The molecule has 0 radical (unpaired) electrons. The zero-order valence-electron chi connectivity index (χ0n) is 11.4. The third kappa shape index (κ3) is 2.96. The Bertz CT molecular complexity index is 528. The van der Waals surface area contributed by atoms with Gasteiger partial charge >= 0.3 is 0 Å². The highest BCUT2D eigenvalue weighted by atomic mass is 32.2. The Labute approximate surface area is 113 Å². The van der Waals surface area contributed by atoms with Crippen LogP contribution >= 0.6 is 0 Å². The van der Waals surface area contributed by atoms with Crippen molar-refractivity contribution in [3.8, 4) is 0 Å². The quantitative estimate of drug-likeness (QED) is 0.779. The van der Waals surface area contributed by atoms with Crippen LogP contribution in [0.3, 0.4) is 0 Å². The third-order valence-corrected chi connectivity index (χ3v) is 5.22. The van der Waals surface area contributed by atoms with Crippen molar-refractivity contribution in [2.24, 2.45) is 5.92 Å². The lowest BCUT2D eigenvalue weighted by Crippen LogP contribution is -2.30. The predicted octanol–water partition coefficient (Wildman–Crippen LogP) is 0.390. The summed E-state index contributed by atoms with van der Waals surface area (Å²) >= 11 is 0. The van der Waals surface area contributed by atoms with Gasteiger partial charge in [-0.2, -0.15) is 4.98 Å². The Balaban J connectivity index is 2.22. The van der Waals surface area contributed by atoms with Crippen LogP contribution in [0.15, 0.2) is 4.52 Å². The van der Waals surface area contributed by atoms with E-state index >= 15 is 0 Å². The van der Waals surface area contributed by atoms with Gasteiger partial charge in [0.15, 0.2) is 5.82 Å². The molecule has 1 aromatic heterocycles. The summed E-state index contributed by atoms with van der Waals surface area (Å²) in [4.78, 5) is 4.21. The van der Waals surface area contributed by atoms with E-state index in [2.05, 4.69) is 10.1 Å². The molecular formula is C11H19N3O4S. The minimum absolute atomic E-state index is 0.0474. The topological polar surface area (TPSA) is 85.5 Å². The lowest BCUT2D eigenvalue weighted by atomic mass is 9.97. The van der Waals surface area contributed by atoms with Crippen molar-refractivity contribution < 1.29 is 17.7 Å². The molecule has 1 aliphatic heterocycles. The first-order valence-corrected chi connectivity index (χ1v) is 7.85. The van der Waals surface area contributed by atoms with E-state index in [1.165, 1.54) is 4.31 Å². The van der Waals surface area contributed by atoms with E-state index in [1.807, 2.05) is 0 Å². The maximum Gasteiger partial charge on any atom is 0.231 e. The van der Waals surface area contributed by atoms with E-state index in [1.54, 1.807) is 21.0 Å². The fraction of sp³-hybridized carbons (Fsp3) is 0.818. The average molecular weight is 289 g/mol. The fourth-order valence-corrected chi connectivity index (χ4v) is 3.54. The van der Waals surface area contributed by atoms with Gasteiger partial charge in [-0.3, -0.25) is 0 Å². The molecule has 2 heterocycles. The van der Waals surface area contributed by atoms with E-state index in [0.29, 0.717) is 31.4 Å². The number of hydrogen-bond donors (Lipinski definition) is 0. The van der Waals surface area contributed by atoms with Gasteiger partial charge in [0.05, 0.1) is 18.3 Å². The summed E-state index contributed by atoms with van der Waals surface area (Å²) in [6, 6.07) is 0. The van der Waals surface area contributed by atoms with Gasteiger partial charge in [0.25, 0.3) is 0 Å². The first-order chi connectivity index (χ1) is 8.97. The van der Waals surface area contributed by atoms with Gasteiger partial charge in [-0.25, -0.2) is 12.7 Å². The molecule has 1 aromatic rings. The van der Waals surface area contributed by atoms with Crippen molar-refractivity contribution in [1.82, 2.24) is 14.4 Å². The zero-order valence-corrected chi connectivity index (χ0v) is 12.2. The highest BCUT2D eigenvalue weighted by Gasteiger charge is 2.41. The van der Waals surface area contributed by atoms with Gasteiger partial charge in [-0.15, -0.1) is 0 Å². The van der Waals surface area contributed by atoms with Crippen molar-refractivity contribution >= 4 is 10.0 Å². The highest BCUT2D eigenvalue weighted by molar-refractivity contribution is 7.89. The standard InChI is InChI=1S/C11H19N3O4S/c1-4-19(15,16)14-5-9(7-17-3)10(6-14)11-12-8(2)13-18-11/h9-10H,4-7H2,1-3H3/t9-,10+/m0/s1. The lowest BCUT2D eigenvalue weighted by molar-refractivity contribution is 0.145. The summed E-state index contributed by atoms with van der Waals surface area (Å²) in [7, 11) is -1.59. The number of nitrogens with zero attached hydrogens (tertiary/aromatic N) is 3. The normalized spacial score (nSPS) is 25.0. The van der Waals surface area contributed by atoms with E-state index in [4.69, 9.17) is 9.26 Å². The molecule has 0 N–H and O–H groups in total. The molecule has 1 fully saturated rings. The number of hydrogen-bond acceptors (Lipinski definition) is 6.